The van der Waals surface area contributed by atoms with Gasteiger partial charge in [0, 0.05) is 0 Å². The summed E-state index contributed by atoms with van der Waals surface area (Å²) in [7, 11) is 0. The maximum absolute atomic E-state index is 2.20. The molecule has 0 heteroatoms. The molecule has 0 bridgehead atoms. The minimum atomic E-state index is 1.04. The van der Waals surface area contributed by atoms with Gasteiger partial charge in [-0.1, -0.05) is 48.6 Å². The van der Waals surface area contributed by atoms with Crippen molar-refractivity contribution in [2.24, 2.45) is 0 Å². The molecule has 1 rings (SSSR count). The molecule has 1 radical (unpaired) electrons. The van der Waals surface area contributed by atoms with Crippen LogP contribution in [0.4, 0.5) is 0 Å². The predicted octanol–water partition coefficient (Wildman–Crippen LogP) is 3.60. The monoisotopic (exact) mass is 159 g/mol. The van der Waals surface area contributed by atoms with Gasteiger partial charge in [0.2, 0.25) is 0 Å². The highest BCUT2D eigenvalue weighted by molar-refractivity contribution is 5.11. The molecule has 1 aliphatic carbocycles. The van der Waals surface area contributed by atoms with Crippen molar-refractivity contribution in [2.75, 3.05) is 0 Å². The van der Waals surface area contributed by atoms with E-state index in [1.807, 2.05) is 0 Å². The van der Waals surface area contributed by atoms with E-state index in [2.05, 4.69) is 55.0 Å². The standard InChI is InChI=1S/C12H15/c1-2-4-6-8-10-12-11-9-7-5-3-1/h1-5,8-11H,6-7,12H2/b2-1+,5-3-,10-8+,11-9-. The highest BCUT2D eigenvalue weighted by Crippen LogP contribution is 1.97. The van der Waals surface area contributed by atoms with Crippen LogP contribution in [0.15, 0.2) is 48.6 Å². The van der Waals surface area contributed by atoms with E-state index in [4.69, 9.17) is 0 Å². The summed E-state index contributed by atoms with van der Waals surface area (Å²) < 4.78 is 0. The van der Waals surface area contributed by atoms with Crippen molar-refractivity contribution < 1.29 is 0 Å². The van der Waals surface area contributed by atoms with Gasteiger partial charge in [-0.15, -0.1) is 0 Å². The first-order valence-corrected chi connectivity index (χ1v) is 4.45. The zero-order chi connectivity index (χ0) is 8.49. The van der Waals surface area contributed by atoms with E-state index in [1.165, 1.54) is 0 Å². The van der Waals surface area contributed by atoms with Crippen molar-refractivity contribution in [3.63, 3.8) is 0 Å². The van der Waals surface area contributed by atoms with Crippen molar-refractivity contribution in [3.05, 3.63) is 55.0 Å². The molecule has 0 spiro atoms. The molecular formula is C12H15. The van der Waals surface area contributed by atoms with Crippen LogP contribution in [0, 0.1) is 6.42 Å². The summed E-state index contributed by atoms with van der Waals surface area (Å²) >= 11 is 0. The molecule has 1 aliphatic rings. The summed E-state index contributed by atoms with van der Waals surface area (Å²) in [4.78, 5) is 0. The fourth-order valence-electron chi connectivity index (χ4n) is 0.999. The van der Waals surface area contributed by atoms with Crippen LogP contribution in [0.3, 0.4) is 0 Å². The van der Waals surface area contributed by atoms with Crippen LogP contribution < -0.4 is 0 Å². The lowest BCUT2D eigenvalue weighted by Crippen LogP contribution is -1.68. The summed E-state index contributed by atoms with van der Waals surface area (Å²) in [6.45, 7) is 0. The van der Waals surface area contributed by atoms with Crippen molar-refractivity contribution in [1.29, 1.82) is 0 Å². The number of rotatable bonds is 0. The van der Waals surface area contributed by atoms with Crippen molar-refractivity contribution in [2.45, 2.75) is 19.3 Å². The molecule has 12 heavy (non-hydrogen) atoms. The second-order valence-corrected chi connectivity index (χ2v) is 2.70. The number of hydrogen-bond acceptors (Lipinski definition) is 0. The van der Waals surface area contributed by atoms with Gasteiger partial charge < -0.3 is 0 Å². The normalized spacial score (nSPS) is 29.3. The number of allylic oxidation sites excluding steroid dienone is 8. The topological polar surface area (TPSA) is 0 Å². The maximum atomic E-state index is 2.20. The lowest BCUT2D eigenvalue weighted by atomic mass is 10.2. The Hall–Kier alpha value is -1.04. The van der Waals surface area contributed by atoms with Gasteiger partial charge >= 0.3 is 0 Å². The van der Waals surface area contributed by atoms with Gasteiger partial charge in [-0.2, -0.15) is 0 Å². The minimum absolute atomic E-state index is 1.04. The fraction of sp³-hybridized carbons (Fsp3) is 0.250. The van der Waals surface area contributed by atoms with Crippen LogP contribution in [-0.4, -0.2) is 0 Å². The highest BCUT2D eigenvalue weighted by Gasteiger charge is 1.78. The molecule has 0 saturated carbocycles. The molecule has 0 aliphatic heterocycles. The van der Waals surface area contributed by atoms with Crippen LogP contribution in [-0.2, 0) is 0 Å². The van der Waals surface area contributed by atoms with E-state index in [1.54, 1.807) is 0 Å². The van der Waals surface area contributed by atoms with E-state index < -0.39 is 0 Å². The first-order valence-electron chi connectivity index (χ1n) is 4.45. The lowest BCUT2D eigenvalue weighted by molar-refractivity contribution is 1.23. The Balaban J connectivity index is 2.41. The molecular weight excluding hydrogens is 144 g/mol. The zero-order valence-electron chi connectivity index (χ0n) is 7.32. The van der Waals surface area contributed by atoms with Gasteiger partial charge in [-0.05, 0) is 25.7 Å². The molecule has 0 aromatic rings. The molecule has 0 aromatic carbocycles. The Morgan fingerprint density at radius 2 is 1.17 bits per heavy atom. The van der Waals surface area contributed by atoms with E-state index in [0.717, 1.165) is 19.3 Å². The van der Waals surface area contributed by atoms with E-state index >= 15 is 0 Å². The predicted molar refractivity (Wildman–Crippen MR) is 54.7 cm³/mol. The number of hydrogen-bond donors (Lipinski definition) is 0. The molecule has 0 saturated heterocycles. The van der Waals surface area contributed by atoms with Crippen molar-refractivity contribution >= 4 is 0 Å². The lowest BCUT2D eigenvalue weighted by Gasteiger charge is -1.87. The Morgan fingerprint density at radius 3 is 2.00 bits per heavy atom. The minimum Gasteiger partial charge on any atom is -0.0876 e. The molecule has 0 nitrogen and oxygen atoms in total. The molecule has 0 atom stereocenters. The summed E-state index contributed by atoms with van der Waals surface area (Å²) in [5.74, 6) is 0. The third-order valence-electron chi connectivity index (χ3n) is 1.64. The average Bonchev–Trinajstić information content (AvgIpc) is 2.05. The van der Waals surface area contributed by atoms with Gasteiger partial charge in [-0.3, -0.25) is 0 Å². The van der Waals surface area contributed by atoms with E-state index in [0.29, 0.717) is 0 Å². The van der Waals surface area contributed by atoms with Gasteiger partial charge in [0.05, 0.1) is 0 Å². The average molecular weight is 159 g/mol. The second-order valence-electron chi connectivity index (χ2n) is 2.70. The third kappa shape index (κ3) is 4.73. The van der Waals surface area contributed by atoms with Crippen LogP contribution in [0.2, 0.25) is 0 Å². The van der Waals surface area contributed by atoms with E-state index in [9.17, 15) is 0 Å². The van der Waals surface area contributed by atoms with Crippen LogP contribution in [0.1, 0.15) is 19.3 Å². The first-order chi connectivity index (χ1) is 6.00. The van der Waals surface area contributed by atoms with E-state index in [-0.39, 0.29) is 0 Å². The molecule has 0 aromatic heterocycles. The van der Waals surface area contributed by atoms with Gasteiger partial charge in [0.25, 0.3) is 0 Å². The Bertz CT molecular complexity index is 204. The van der Waals surface area contributed by atoms with Gasteiger partial charge in [-0.25, -0.2) is 0 Å². The van der Waals surface area contributed by atoms with Crippen LogP contribution >= 0.6 is 0 Å². The quantitative estimate of drug-likeness (QED) is 0.474. The summed E-state index contributed by atoms with van der Waals surface area (Å²) in [5, 5.41) is 0. The third-order valence-corrected chi connectivity index (χ3v) is 1.64. The molecule has 0 fully saturated rings. The van der Waals surface area contributed by atoms with Crippen molar-refractivity contribution in [3.8, 4) is 0 Å². The first kappa shape index (κ1) is 9.05. The molecule has 0 amide bonds. The van der Waals surface area contributed by atoms with Crippen LogP contribution in [0.25, 0.3) is 0 Å². The van der Waals surface area contributed by atoms with Crippen molar-refractivity contribution in [1.82, 2.24) is 0 Å². The second kappa shape index (κ2) is 6.66. The molecule has 0 unspecified atom stereocenters. The Kier molecular flexibility index (Phi) is 5.02. The summed E-state index contributed by atoms with van der Waals surface area (Å²) in [6.07, 6.45) is 22.5. The molecule has 0 N–H and O–H groups in total. The Morgan fingerprint density at radius 1 is 0.500 bits per heavy atom. The van der Waals surface area contributed by atoms with Gasteiger partial charge in [0.1, 0.15) is 0 Å². The smallest absolute Gasteiger partial charge is 0.0130 e. The fourth-order valence-corrected chi connectivity index (χ4v) is 0.999. The molecule has 0 heterocycles. The Labute approximate surface area is 75.0 Å². The van der Waals surface area contributed by atoms with Crippen LogP contribution in [0.5, 0.6) is 0 Å². The maximum Gasteiger partial charge on any atom is -0.0130 e. The zero-order valence-corrected chi connectivity index (χ0v) is 7.32. The summed E-state index contributed by atoms with van der Waals surface area (Å²) in [5.41, 5.74) is 0. The molecule has 63 valence electrons. The largest absolute Gasteiger partial charge is 0.0876 e. The van der Waals surface area contributed by atoms with Gasteiger partial charge in [0.15, 0.2) is 0 Å². The highest BCUT2D eigenvalue weighted by atomic mass is 13.8. The SMILES string of the molecule is [CH]1/C=C/C=C\C/C=C\C/C=C/C1. The summed E-state index contributed by atoms with van der Waals surface area (Å²) in [6, 6.07) is 0.